The van der Waals surface area contributed by atoms with Gasteiger partial charge in [-0.1, -0.05) is 12.1 Å². The maximum atomic E-state index is 12.1. The normalized spacial score (nSPS) is 18.2. The summed E-state index contributed by atoms with van der Waals surface area (Å²) in [6, 6.07) is 6.21. The van der Waals surface area contributed by atoms with E-state index < -0.39 is 4.92 Å². The zero-order valence-electron chi connectivity index (χ0n) is 12.9. The number of hydrogen-bond acceptors (Lipinski definition) is 5. The van der Waals surface area contributed by atoms with Gasteiger partial charge in [0.25, 0.3) is 0 Å². The van der Waals surface area contributed by atoms with Crippen molar-refractivity contribution in [1.82, 2.24) is 9.80 Å². The van der Waals surface area contributed by atoms with E-state index in [2.05, 4.69) is 4.90 Å². The minimum atomic E-state index is -0.455. The second kappa shape index (κ2) is 7.22. The Balaban J connectivity index is 1.91. The molecular weight excluding hydrogens is 286 g/mol. The number of nitro benzene ring substituents is 1. The van der Waals surface area contributed by atoms with E-state index in [1.54, 1.807) is 37.2 Å². The predicted molar refractivity (Wildman–Crippen MR) is 81.9 cm³/mol. The molecule has 2 rings (SSSR count). The number of ether oxygens (including phenoxy) is 1. The van der Waals surface area contributed by atoms with Crippen molar-refractivity contribution in [2.45, 2.75) is 18.9 Å². The fraction of sp³-hybridized carbons (Fsp3) is 0.533. The fourth-order valence-electron chi connectivity index (χ4n) is 2.67. The van der Waals surface area contributed by atoms with Crippen LogP contribution in [0.3, 0.4) is 0 Å². The van der Waals surface area contributed by atoms with Gasteiger partial charge in [-0.05, 0) is 25.5 Å². The summed E-state index contributed by atoms with van der Waals surface area (Å²) in [5, 5.41) is 10.9. The topological polar surface area (TPSA) is 75.9 Å². The number of para-hydroxylation sites is 2. The number of benzene rings is 1. The van der Waals surface area contributed by atoms with Gasteiger partial charge in [0.1, 0.15) is 6.61 Å². The average molecular weight is 307 g/mol. The third-order valence-corrected chi connectivity index (χ3v) is 3.79. The molecule has 120 valence electrons. The number of amides is 1. The molecule has 22 heavy (non-hydrogen) atoms. The van der Waals surface area contributed by atoms with Crippen molar-refractivity contribution >= 4 is 11.6 Å². The Morgan fingerprint density at radius 2 is 2.18 bits per heavy atom. The first-order valence-corrected chi connectivity index (χ1v) is 7.32. The molecule has 1 amide bonds. The number of likely N-dealkylation sites (tertiary alicyclic amines) is 1. The highest BCUT2D eigenvalue weighted by Gasteiger charge is 2.31. The van der Waals surface area contributed by atoms with Crippen LogP contribution in [0.2, 0.25) is 0 Å². The highest BCUT2D eigenvalue weighted by Crippen LogP contribution is 2.26. The third-order valence-electron chi connectivity index (χ3n) is 3.79. The largest absolute Gasteiger partial charge is 0.485 e. The van der Waals surface area contributed by atoms with E-state index in [1.165, 1.54) is 6.07 Å². The molecule has 1 aliphatic heterocycles. The van der Waals surface area contributed by atoms with Gasteiger partial charge in [0.05, 0.1) is 11.0 Å². The summed E-state index contributed by atoms with van der Waals surface area (Å²) in [6.45, 7) is 1.75. The molecule has 7 heteroatoms. The molecule has 0 bridgehead atoms. The second-order valence-corrected chi connectivity index (χ2v) is 5.50. The summed E-state index contributed by atoms with van der Waals surface area (Å²) < 4.78 is 5.54. The van der Waals surface area contributed by atoms with E-state index in [0.717, 1.165) is 19.4 Å². The van der Waals surface area contributed by atoms with Crippen LogP contribution in [0.4, 0.5) is 5.69 Å². The van der Waals surface area contributed by atoms with Crippen LogP contribution < -0.4 is 4.74 Å². The van der Waals surface area contributed by atoms with Crippen LogP contribution >= 0.6 is 0 Å². The van der Waals surface area contributed by atoms with Crippen LogP contribution in [0.25, 0.3) is 0 Å². The molecule has 0 saturated carbocycles. The lowest BCUT2D eigenvalue weighted by atomic mass is 10.2. The third kappa shape index (κ3) is 3.73. The number of nitrogens with zero attached hydrogens (tertiary/aromatic N) is 3. The van der Waals surface area contributed by atoms with Crippen molar-refractivity contribution in [3.63, 3.8) is 0 Å². The van der Waals surface area contributed by atoms with Gasteiger partial charge in [0.15, 0.2) is 5.75 Å². The number of carbonyl (C=O) groups excluding carboxylic acids is 1. The van der Waals surface area contributed by atoms with Gasteiger partial charge in [-0.15, -0.1) is 0 Å². The van der Waals surface area contributed by atoms with Crippen molar-refractivity contribution in [3.05, 3.63) is 34.4 Å². The molecule has 1 fully saturated rings. The van der Waals surface area contributed by atoms with Crippen LogP contribution in [0.15, 0.2) is 24.3 Å². The lowest BCUT2D eigenvalue weighted by Crippen LogP contribution is -2.44. The number of carbonyl (C=O) groups is 1. The zero-order valence-corrected chi connectivity index (χ0v) is 12.9. The minimum Gasteiger partial charge on any atom is -0.485 e. The van der Waals surface area contributed by atoms with Gasteiger partial charge >= 0.3 is 5.69 Å². The average Bonchev–Trinajstić information content (AvgIpc) is 2.95. The summed E-state index contributed by atoms with van der Waals surface area (Å²) >= 11 is 0. The van der Waals surface area contributed by atoms with Gasteiger partial charge in [-0.3, -0.25) is 19.8 Å². The number of nitro groups is 1. The molecule has 0 aliphatic carbocycles. The predicted octanol–water partition coefficient (Wildman–Crippen LogP) is 1.53. The van der Waals surface area contributed by atoms with Crippen molar-refractivity contribution in [1.29, 1.82) is 0 Å². The van der Waals surface area contributed by atoms with E-state index in [1.807, 2.05) is 0 Å². The maximum absolute atomic E-state index is 12.1. The summed E-state index contributed by atoms with van der Waals surface area (Å²) in [5.74, 6) is 0.366. The number of hydrogen-bond donors (Lipinski definition) is 0. The van der Waals surface area contributed by atoms with Crippen LogP contribution in [-0.4, -0.2) is 60.5 Å². The molecule has 0 radical (unpaired) electrons. The van der Waals surface area contributed by atoms with Crippen molar-refractivity contribution in [2.24, 2.45) is 0 Å². The summed E-state index contributed by atoms with van der Waals surface area (Å²) in [5.41, 5.74) is -0.0372. The quantitative estimate of drug-likeness (QED) is 0.588. The summed E-state index contributed by atoms with van der Waals surface area (Å²) in [7, 11) is 3.51. The molecule has 7 nitrogen and oxygen atoms in total. The second-order valence-electron chi connectivity index (χ2n) is 5.50. The molecular formula is C15H21N3O4. The standard InChI is InChI=1S/C15H21N3O4/c1-16(2)15(19)13-7-5-9-17(13)10-11-22-14-8-4-3-6-12(14)18(20)21/h3-4,6,8,13H,5,7,9-11H2,1-2H3. The van der Waals surface area contributed by atoms with E-state index in [4.69, 9.17) is 4.74 Å². The highest BCUT2D eigenvalue weighted by molar-refractivity contribution is 5.81. The Kier molecular flexibility index (Phi) is 5.32. The molecule has 1 aromatic carbocycles. The Labute approximate surface area is 129 Å². The minimum absolute atomic E-state index is 0.0372. The molecule has 1 aromatic rings. The highest BCUT2D eigenvalue weighted by atomic mass is 16.6. The molecule has 0 N–H and O–H groups in total. The van der Waals surface area contributed by atoms with Crippen molar-refractivity contribution in [3.8, 4) is 5.75 Å². The van der Waals surface area contributed by atoms with Gasteiger partial charge in [-0.25, -0.2) is 0 Å². The van der Waals surface area contributed by atoms with Gasteiger partial charge in [0, 0.05) is 26.7 Å². The molecule has 0 aromatic heterocycles. The number of rotatable bonds is 6. The van der Waals surface area contributed by atoms with Crippen LogP contribution in [0.1, 0.15) is 12.8 Å². The monoisotopic (exact) mass is 307 g/mol. The smallest absolute Gasteiger partial charge is 0.310 e. The van der Waals surface area contributed by atoms with Crippen LogP contribution in [-0.2, 0) is 4.79 Å². The molecule has 0 spiro atoms. The lowest BCUT2D eigenvalue weighted by Gasteiger charge is -2.25. The lowest BCUT2D eigenvalue weighted by molar-refractivity contribution is -0.385. The van der Waals surface area contributed by atoms with Crippen LogP contribution in [0.5, 0.6) is 5.75 Å². The summed E-state index contributed by atoms with van der Waals surface area (Å²) in [4.78, 5) is 26.2. The molecule has 1 unspecified atom stereocenters. The van der Waals surface area contributed by atoms with Gasteiger partial charge in [-0.2, -0.15) is 0 Å². The maximum Gasteiger partial charge on any atom is 0.310 e. The van der Waals surface area contributed by atoms with E-state index in [-0.39, 0.29) is 23.4 Å². The van der Waals surface area contributed by atoms with Crippen LogP contribution in [0, 0.1) is 10.1 Å². The molecule has 1 aliphatic rings. The Bertz CT molecular complexity index is 547. The SMILES string of the molecule is CN(C)C(=O)C1CCCN1CCOc1ccccc1[N+](=O)[O-]. The van der Waals surface area contributed by atoms with Crippen molar-refractivity contribution in [2.75, 3.05) is 33.8 Å². The zero-order chi connectivity index (χ0) is 16.1. The first-order chi connectivity index (χ1) is 10.5. The van der Waals surface area contributed by atoms with Gasteiger partial charge < -0.3 is 9.64 Å². The first-order valence-electron chi connectivity index (χ1n) is 7.32. The molecule has 1 heterocycles. The van der Waals surface area contributed by atoms with E-state index in [0.29, 0.717) is 13.2 Å². The first kappa shape index (κ1) is 16.2. The Morgan fingerprint density at radius 1 is 1.45 bits per heavy atom. The summed E-state index contributed by atoms with van der Waals surface area (Å²) in [6.07, 6.45) is 1.83. The van der Waals surface area contributed by atoms with Crippen molar-refractivity contribution < 1.29 is 14.5 Å². The molecule has 1 atom stereocenters. The van der Waals surface area contributed by atoms with Gasteiger partial charge in [0.2, 0.25) is 5.91 Å². The molecule has 1 saturated heterocycles. The fourth-order valence-corrected chi connectivity index (χ4v) is 2.67. The number of likely N-dealkylation sites (N-methyl/N-ethyl adjacent to an activating group) is 1. The van der Waals surface area contributed by atoms with E-state index >= 15 is 0 Å². The van der Waals surface area contributed by atoms with E-state index in [9.17, 15) is 14.9 Å². The Hall–Kier alpha value is -2.15. The Morgan fingerprint density at radius 3 is 2.86 bits per heavy atom.